The minimum absolute atomic E-state index is 0.0693. The molecule has 0 saturated carbocycles. The summed E-state index contributed by atoms with van der Waals surface area (Å²) in [5.74, 6) is 0.811. The highest BCUT2D eigenvalue weighted by Crippen LogP contribution is 2.28. The molecule has 0 radical (unpaired) electrons. The number of rotatable bonds is 5. The van der Waals surface area contributed by atoms with Gasteiger partial charge in [0.15, 0.2) is 5.78 Å². The van der Waals surface area contributed by atoms with E-state index in [4.69, 9.17) is 4.42 Å². The number of hydrogen-bond acceptors (Lipinski definition) is 5. The first-order chi connectivity index (χ1) is 13.1. The second-order valence-electron chi connectivity index (χ2n) is 8.16. The fourth-order valence-corrected chi connectivity index (χ4v) is 3.61. The lowest BCUT2D eigenvalue weighted by molar-refractivity contribution is 0.102. The number of benzene rings is 2. The SMILES string of the molecule is Cc1cc(C)c(C(=O)CSc2nnc(-c3ccc(C(C)(C)C)cc3)o2)cc1C. The molecule has 146 valence electrons. The largest absolute Gasteiger partial charge is 0.411 e. The summed E-state index contributed by atoms with van der Waals surface area (Å²) in [7, 11) is 0. The van der Waals surface area contributed by atoms with Crippen molar-refractivity contribution >= 4 is 17.5 Å². The second kappa shape index (κ2) is 7.92. The van der Waals surface area contributed by atoms with E-state index < -0.39 is 0 Å². The molecule has 0 aliphatic carbocycles. The van der Waals surface area contributed by atoms with Crippen LogP contribution >= 0.6 is 11.8 Å². The molecule has 0 aliphatic rings. The van der Waals surface area contributed by atoms with E-state index in [1.807, 2.05) is 32.0 Å². The molecular weight excluding hydrogens is 368 g/mol. The molecule has 0 bridgehead atoms. The van der Waals surface area contributed by atoms with Crippen molar-refractivity contribution in [3.05, 3.63) is 64.2 Å². The second-order valence-corrected chi connectivity index (χ2v) is 9.09. The number of aryl methyl sites for hydroxylation is 3. The van der Waals surface area contributed by atoms with Gasteiger partial charge >= 0.3 is 0 Å². The van der Waals surface area contributed by atoms with Crippen LogP contribution in [0.15, 0.2) is 46.0 Å². The average Bonchev–Trinajstić information content (AvgIpc) is 3.11. The molecule has 4 nitrogen and oxygen atoms in total. The fraction of sp³-hybridized carbons (Fsp3) is 0.348. The maximum Gasteiger partial charge on any atom is 0.277 e. The van der Waals surface area contributed by atoms with E-state index in [0.717, 1.165) is 22.3 Å². The third-order valence-electron chi connectivity index (χ3n) is 4.87. The van der Waals surface area contributed by atoms with Crippen LogP contribution in [0.25, 0.3) is 11.5 Å². The van der Waals surface area contributed by atoms with E-state index in [-0.39, 0.29) is 17.0 Å². The number of carbonyl (C=O) groups is 1. The third-order valence-corrected chi connectivity index (χ3v) is 5.69. The molecule has 1 heterocycles. The maximum atomic E-state index is 12.6. The number of ketones is 1. The summed E-state index contributed by atoms with van der Waals surface area (Å²) >= 11 is 1.28. The number of aromatic nitrogens is 2. The lowest BCUT2D eigenvalue weighted by atomic mass is 9.87. The molecule has 0 amide bonds. The highest BCUT2D eigenvalue weighted by atomic mass is 32.2. The standard InChI is InChI=1S/C23H26N2O2S/c1-14-11-16(3)19(12-15(14)2)20(26)13-28-22-25-24-21(27-22)17-7-9-18(10-8-17)23(4,5)6/h7-12H,13H2,1-6H3. The Balaban J connectivity index is 1.68. The minimum atomic E-state index is 0.0693. The highest BCUT2D eigenvalue weighted by molar-refractivity contribution is 7.99. The van der Waals surface area contributed by atoms with Crippen LogP contribution in [0.4, 0.5) is 0 Å². The van der Waals surface area contributed by atoms with Gasteiger partial charge in [-0.05, 0) is 66.6 Å². The number of thioether (sulfide) groups is 1. The van der Waals surface area contributed by atoms with Crippen molar-refractivity contribution in [2.75, 3.05) is 5.75 Å². The van der Waals surface area contributed by atoms with Gasteiger partial charge in [-0.3, -0.25) is 4.79 Å². The van der Waals surface area contributed by atoms with Gasteiger partial charge in [0.05, 0.1) is 5.75 Å². The first kappa shape index (κ1) is 20.3. The van der Waals surface area contributed by atoms with Crippen molar-refractivity contribution in [1.82, 2.24) is 10.2 Å². The predicted octanol–water partition coefficient (Wildman–Crippen LogP) is 5.93. The molecule has 0 atom stereocenters. The Bertz CT molecular complexity index is 998. The topological polar surface area (TPSA) is 56.0 Å². The molecule has 3 rings (SSSR count). The first-order valence-corrected chi connectivity index (χ1v) is 10.3. The van der Waals surface area contributed by atoms with Gasteiger partial charge < -0.3 is 4.42 Å². The van der Waals surface area contributed by atoms with E-state index in [1.165, 1.54) is 22.9 Å². The quantitative estimate of drug-likeness (QED) is 0.396. The summed E-state index contributed by atoms with van der Waals surface area (Å²) in [5, 5.41) is 8.61. The Morgan fingerprint density at radius 1 is 0.964 bits per heavy atom. The number of hydrogen-bond donors (Lipinski definition) is 0. The Morgan fingerprint density at radius 3 is 2.25 bits per heavy atom. The van der Waals surface area contributed by atoms with Crippen LogP contribution in [0.5, 0.6) is 0 Å². The van der Waals surface area contributed by atoms with Gasteiger partial charge in [-0.25, -0.2) is 0 Å². The maximum absolute atomic E-state index is 12.6. The van der Waals surface area contributed by atoms with Crippen molar-refractivity contribution in [2.24, 2.45) is 0 Å². The van der Waals surface area contributed by atoms with Crippen LogP contribution in [0.1, 0.15) is 53.4 Å². The van der Waals surface area contributed by atoms with E-state index in [0.29, 0.717) is 11.1 Å². The predicted molar refractivity (Wildman–Crippen MR) is 114 cm³/mol. The van der Waals surface area contributed by atoms with Crippen LogP contribution < -0.4 is 0 Å². The summed E-state index contributed by atoms with van der Waals surface area (Å²) in [6.45, 7) is 12.6. The van der Waals surface area contributed by atoms with E-state index in [1.54, 1.807) is 0 Å². The van der Waals surface area contributed by atoms with Crippen molar-refractivity contribution in [3.8, 4) is 11.5 Å². The van der Waals surface area contributed by atoms with Crippen LogP contribution in [0.3, 0.4) is 0 Å². The van der Waals surface area contributed by atoms with E-state index >= 15 is 0 Å². The van der Waals surface area contributed by atoms with Gasteiger partial charge in [-0.1, -0.05) is 50.7 Å². The first-order valence-electron chi connectivity index (χ1n) is 9.33. The van der Waals surface area contributed by atoms with Crippen LogP contribution in [0.2, 0.25) is 0 Å². The summed E-state index contributed by atoms with van der Waals surface area (Å²) in [6, 6.07) is 12.2. The molecule has 0 spiro atoms. The zero-order valence-corrected chi connectivity index (χ0v) is 18.1. The van der Waals surface area contributed by atoms with Crippen molar-refractivity contribution in [3.63, 3.8) is 0 Å². The van der Waals surface area contributed by atoms with E-state index in [2.05, 4.69) is 56.1 Å². The summed E-state index contributed by atoms with van der Waals surface area (Å²) in [5.41, 5.74) is 6.30. The Hall–Kier alpha value is -2.40. The van der Waals surface area contributed by atoms with Crippen molar-refractivity contribution < 1.29 is 9.21 Å². The fourth-order valence-electron chi connectivity index (χ4n) is 2.96. The van der Waals surface area contributed by atoms with Gasteiger partial charge in [0, 0.05) is 11.1 Å². The Kier molecular flexibility index (Phi) is 5.75. The van der Waals surface area contributed by atoms with Gasteiger partial charge in [0.1, 0.15) is 0 Å². The molecule has 28 heavy (non-hydrogen) atoms. The number of carbonyl (C=O) groups excluding carboxylic acids is 1. The van der Waals surface area contributed by atoms with Crippen LogP contribution in [-0.4, -0.2) is 21.7 Å². The lowest BCUT2D eigenvalue weighted by Gasteiger charge is -2.18. The van der Waals surface area contributed by atoms with Gasteiger partial charge in [0.2, 0.25) is 5.89 Å². The molecule has 0 N–H and O–H groups in total. The molecule has 1 aromatic heterocycles. The molecular formula is C23H26N2O2S. The normalized spacial score (nSPS) is 11.6. The van der Waals surface area contributed by atoms with Crippen molar-refractivity contribution in [2.45, 2.75) is 52.2 Å². The van der Waals surface area contributed by atoms with Gasteiger partial charge in [0.25, 0.3) is 5.22 Å². The van der Waals surface area contributed by atoms with E-state index in [9.17, 15) is 4.79 Å². The van der Waals surface area contributed by atoms with Gasteiger partial charge in [-0.2, -0.15) is 0 Å². The molecule has 0 aliphatic heterocycles. The zero-order chi connectivity index (χ0) is 20.5. The molecule has 5 heteroatoms. The lowest BCUT2D eigenvalue weighted by Crippen LogP contribution is -2.10. The average molecular weight is 395 g/mol. The summed E-state index contributed by atoms with van der Waals surface area (Å²) in [6.07, 6.45) is 0. The molecule has 0 fully saturated rings. The monoisotopic (exact) mass is 394 g/mol. The summed E-state index contributed by atoms with van der Waals surface area (Å²) < 4.78 is 5.74. The van der Waals surface area contributed by atoms with Gasteiger partial charge in [-0.15, -0.1) is 10.2 Å². The molecule has 2 aromatic carbocycles. The minimum Gasteiger partial charge on any atom is -0.411 e. The molecule has 0 saturated heterocycles. The zero-order valence-electron chi connectivity index (χ0n) is 17.3. The highest BCUT2D eigenvalue weighted by Gasteiger charge is 2.16. The van der Waals surface area contributed by atoms with Crippen molar-refractivity contribution in [1.29, 1.82) is 0 Å². The molecule has 0 unspecified atom stereocenters. The third kappa shape index (κ3) is 4.53. The number of Topliss-reactive ketones (excluding diaryl/α,β-unsaturated/α-hetero) is 1. The number of nitrogens with zero attached hydrogens (tertiary/aromatic N) is 2. The Labute approximate surface area is 170 Å². The van der Waals surface area contributed by atoms with Crippen LogP contribution in [-0.2, 0) is 5.41 Å². The summed E-state index contributed by atoms with van der Waals surface area (Å²) in [4.78, 5) is 12.6. The smallest absolute Gasteiger partial charge is 0.277 e. The molecule has 3 aromatic rings. The Morgan fingerprint density at radius 2 is 1.61 bits per heavy atom. The van der Waals surface area contributed by atoms with Crippen LogP contribution in [0, 0.1) is 20.8 Å².